The third-order valence-corrected chi connectivity index (χ3v) is 5.70. The molecule has 0 spiro atoms. The van der Waals surface area contributed by atoms with Crippen molar-refractivity contribution in [3.63, 3.8) is 0 Å². The van der Waals surface area contributed by atoms with Gasteiger partial charge in [0.25, 0.3) is 5.91 Å². The number of carbonyl (C=O) groups is 1. The van der Waals surface area contributed by atoms with Crippen molar-refractivity contribution in [2.45, 2.75) is 20.8 Å². The third-order valence-electron chi connectivity index (χ3n) is 5.70. The zero-order chi connectivity index (χ0) is 24.4. The summed E-state index contributed by atoms with van der Waals surface area (Å²) < 4.78 is 20.5. The van der Waals surface area contributed by atoms with Crippen LogP contribution < -0.4 is 15.5 Å². The molecule has 0 aliphatic rings. The SMILES string of the molecule is COc1ccccc1-c1c(NC(=O)c2ccc(F)cc2)n(-c2ccc(C)c(C)c2)nc(C)c1=O. The Morgan fingerprint density at radius 2 is 1.68 bits per heavy atom. The molecule has 34 heavy (non-hydrogen) atoms. The van der Waals surface area contributed by atoms with Gasteiger partial charge in [-0.3, -0.25) is 9.59 Å². The molecule has 4 rings (SSSR count). The van der Waals surface area contributed by atoms with Gasteiger partial charge in [0.1, 0.15) is 23.1 Å². The van der Waals surface area contributed by atoms with E-state index in [2.05, 4.69) is 10.4 Å². The number of hydrogen-bond donors (Lipinski definition) is 1. The Hall–Kier alpha value is -4.26. The molecular weight excluding hydrogens is 433 g/mol. The highest BCUT2D eigenvalue weighted by molar-refractivity contribution is 6.06. The van der Waals surface area contributed by atoms with Crippen LogP contribution in [-0.4, -0.2) is 22.8 Å². The highest BCUT2D eigenvalue weighted by atomic mass is 19.1. The summed E-state index contributed by atoms with van der Waals surface area (Å²) in [5.74, 6) is -0.277. The molecule has 0 saturated carbocycles. The monoisotopic (exact) mass is 457 g/mol. The van der Waals surface area contributed by atoms with Crippen LogP contribution >= 0.6 is 0 Å². The first-order chi connectivity index (χ1) is 16.3. The lowest BCUT2D eigenvalue weighted by atomic mass is 10.0. The molecule has 1 heterocycles. The standard InChI is InChI=1S/C27H24FN3O3/c1-16-9-14-21(15-17(16)2)31-26(29-27(33)19-10-12-20(28)13-11-19)24(25(32)18(3)30-31)22-7-5-6-8-23(22)34-4/h5-15H,1-4H3,(H,29,33). The Bertz CT molecular complexity index is 1440. The molecule has 0 bridgehead atoms. The maximum atomic E-state index is 13.4. The number of rotatable bonds is 5. The topological polar surface area (TPSA) is 73.2 Å². The van der Waals surface area contributed by atoms with Crippen molar-refractivity contribution in [1.82, 2.24) is 9.78 Å². The van der Waals surface area contributed by atoms with Crippen molar-refractivity contribution in [3.05, 3.63) is 105 Å². The van der Waals surface area contributed by atoms with Crippen molar-refractivity contribution in [2.24, 2.45) is 0 Å². The lowest BCUT2D eigenvalue weighted by Gasteiger charge is -2.20. The second-order valence-electron chi connectivity index (χ2n) is 7.98. The number of carbonyl (C=O) groups excluding carboxylic acids is 1. The minimum atomic E-state index is -0.501. The molecule has 6 nitrogen and oxygen atoms in total. The van der Waals surface area contributed by atoms with Gasteiger partial charge in [-0.05, 0) is 74.4 Å². The predicted octanol–water partition coefficient (Wildman–Crippen LogP) is 5.22. The van der Waals surface area contributed by atoms with Crippen molar-refractivity contribution >= 4 is 11.7 Å². The number of ether oxygens (including phenoxy) is 1. The molecule has 1 aromatic heterocycles. The van der Waals surface area contributed by atoms with Gasteiger partial charge in [-0.25, -0.2) is 9.07 Å². The van der Waals surface area contributed by atoms with Crippen LogP contribution in [-0.2, 0) is 0 Å². The van der Waals surface area contributed by atoms with Crippen LogP contribution in [0.1, 0.15) is 27.2 Å². The van der Waals surface area contributed by atoms with Crippen LogP contribution in [0.15, 0.2) is 71.5 Å². The number of hydrogen-bond acceptors (Lipinski definition) is 4. The fourth-order valence-electron chi connectivity index (χ4n) is 3.68. The number of nitrogens with zero attached hydrogens (tertiary/aromatic N) is 2. The van der Waals surface area contributed by atoms with E-state index in [4.69, 9.17) is 4.74 Å². The second-order valence-corrected chi connectivity index (χ2v) is 7.98. The number of para-hydroxylation sites is 1. The van der Waals surface area contributed by atoms with E-state index in [9.17, 15) is 14.0 Å². The predicted molar refractivity (Wildman–Crippen MR) is 130 cm³/mol. The van der Waals surface area contributed by atoms with Crippen molar-refractivity contribution in [2.75, 3.05) is 12.4 Å². The van der Waals surface area contributed by atoms with E-state index in [-0.39, 0.29) is 28.1 Å². The normalized spacial score (nSPS) is 10.7. The Balaban J connectivity index is 2.00. The first-order valence-corrected chi connectivity index (χ1v) is 10.7. The largest absolute Gasteiger partial charge is 0.496 e. The highest BCUT2D eigenvalue weighted by Gasteiger charge is 2.23. The molecule has 0 aliphatic carbocycles. The molecule has 7 heteroatoms. The number of halogens is 1. The molecule has 0 fully saturated rings. The summed E-state index contributed by atoms with van der Waals surface area (Å²) in [6.45, 7) is 5.61. The maximum Gasteiger partial charge on any atom is 0.256 e. The molecule has 172 valence electrons. The van der Waals surface area contributed by atoms with Gasteiger partial charge < -0.3 is 10.1 Å². The van der Waals surface area contributed by atoms with Gasteiger partial charge in [0.15, 0.2) is 0 Å². The van der Waals surface area contributed by atoms with Crippen LogP contribution in [0.25, 0.3) is 16.8 Å². The Labute approximate surface area is 196 Å². The van der Waals surface area contributed by atoms with Crippen LogP contribution in [0.5, 0.6) is 5.75 Å². The number of aryl methyl sites for hydroxylation is 3. The van der Waals surface area contributed by atoms with E-state index in [1.54, 1.807) is 35.9 Å². The molecule has 3 aromatic carbocycles. The minimum Gasteiger partial charge on any atom is -0.496 e. The number of methoxy groups -OCH3 is 1. The number of benzene rings is 3. The van der Waals surface area contributed by atoms with Crippen molar-refractivity contribution < 1.29 is 13.9 Å². The van der Waals surface area contributed by atoms with E-state index in [0.717, 1.165) is 11.1 Å². The number of anilines is 1. The van der Waals surface area contributed by atoms with E-state index in [0.29, 0.717) is 17.0 Å². The molecule has 0 aliphatic heterocycles. The molecule has 0 saturated heterocycles. The Morgan fingerprint density at radius 1 is 0.971 bits per heavy atom. The van der Waals surface area contributed by atoms with Gasteiger partial charge in [-0.2, -0.15) is 5.10 Å². The summed E-state index contributed by atoms with van der Waals surface area (Å²) in [4.78, 5) is 26.5. The van der Waals surface area contributed by atoms with Crippen LogP contribution in [0, 0.1) is 26.6 Å². The molecule has 1 amide bonds. The molecule has 1 N–H and O–H groups in total. The van der Waals surface area contributed by atoms with Crippen LogP contribution in [0.2, 0.25) is 0 Å². The first-order valence-electron chi connectivity index (χ1n) is 10.7. The fourth-order valence-corrected chi connectivity index (χ4v) is 3.68. The summed E-state index contributed by atoms with van der Waals surface area (Å²) in [6, 6.07) is 18.0. The van der Waals surface area contributed by atoms with Crippen molar-refractivity contribution in [3.8, 4) is 22.6 Å². The Morgan fingerprint density at radius 3 is 2.35 bits per heavy atom. The Kier molecular flexibility index (Phi) is 6.27. The lowest BCUT2D eigenvalue weighted by Crippen LogP contribution is -2.25. The quantitative estimate of drug-likeness (QED) is 0.446. The van der Waals surface area contributed by atoms with Crippen LogP contribution in [0.3, 0.4) is 0 Å². The fraction of sp³-hybridized carbons (Fsp3) is 0.148. The van der Waals surface area contributed by atoms with Gasteiger partial charge in [0.2, 0.25) is 5.43 Å². The zero-order valence-electron chi connectivity index (χ0n) is 19.3. The summed E-state index contributed by atoms with van der Waals surface area (Å²) >= 11 is 0. The first kappa shape index (κ1) is 22.9. The molecule has 0 unspecified atom stereocenters. The number of amides is 1. The van der Waals surface area contributed by atoms with Gasteiger partial charge >= 0.3 is 0 Å². The van der Waals surface area contributed by atoms with E-state index < -0.39 is 11.7 Å². The van der Waals surface area contributed by atoms with Gasteiger partial charge in [0, 0.05) is 11.1 Å². The summed E-state index contributed by atoms with van der Waals surface area (Å²) in [6.07, 6.45) is 0. The van der Waals surface area contributed by atoms with E-state index in [1.807, 2.05) is 32.0 Å². The second kappa shape index (κ2) is 9.31. The zero-order valence-corrected chi connectivity index (χ0v) is 19.3. The van der Waals surface area contributed by atoms with Crippen molar-refractivity contribution in [1.29, 1.82) is 0 Å². The van der Waals surface area contributed by atoms with Gasteiger partial charge in [0.05, 0.1) is 18.4 Å². The molecule has 4 aromatic rings. The smallest absolute Gasteiger partial charge is 0.256 e. The maximum absolute atomic E-state index is 13.4. The van der Waals surface area contributed by atoms with E-state index in [1.165, 1.54) is 31.4 Å². The highest BCUT2D eigenvalue weighted by Crippen LogP contribution is 2.34. The van der Waals surface area contributed by atoms with Gasteiger partial charge in [-0.1, -0.05) is 24.3 Å². The average Bonchev–Trinajstić information content (AvgIpc) is 2.83. The summed E-state index contributed by atoms with van der Waals surface area (Å²) in [7, 11) is 1.52. The lowest BCUT2D eigenvalue weighted by molar-refractivity contribution is 0.102. The summed E-state index contributed by atoms with van der Waals surface area (Å²) in [5, 5.41) is 7.35. The number of nitrogens with one attached hydrogen (secondary N) is 1. The molecule has 0 atom stereocenters. The molecular formula is C27H24FN3O3. The number of aromatic nitrogens is 2. The van der Waals surface area contributed by atoms with Crippen LogP contribution in [0.4, 0.5) is 10.2 Å². The van der Waals surface area contributed by atoms with Gasteiger partial charge in [-0.15, -0.1) is 0 Å². The third kappa shape index (κ3) is 4.32. The summed E-state index contributed by atoms with van der Waals surface area (Å²) in [5.41, 5.74) is 3.75. The van der Waals surface area contributed by atoms with E-state index >= 15 is 0 Å². The minimum absolute atomic E-state index is 0.192. The average molecular weight is 458 g/mol. The molecule has 0 radical (unpaired) electrons.